The Kier molecular flexibility index (Phi) is 8.94. The fourth-order valence-corrected chi connectivity index (χ4v) is 3.26. The minimum atomic E-state index is 0.464. The standard InChI is InChI=1S/C17H37N/c1-8-10-14(3)11-16(18-9-2)12-15(4)13-17(5,6)7/h14-16,18H,8-13H2,1-7H3. The fourth-order valence-electron chi connectivity index (χ4n) is 3.26. The molecule has 0 amide bonds. The summed E-state index contributed by atoms with van der Waals surface area (Å²) in [5.41, 5.74) is 0.464. The van der Waals surface area contributed by atoms with Crippen molar-refractivity contribution < 1.29 is 0 Å². The fraction of sp³-hybridized carbons (Fsp3) is 1.00. The van der Waals surface area contributed by atoms with Crippen molar-refractivity contribution in [2.24, 2.45) is 17.3 Å². The first-order chi connectivity index (χ1) is 8.28. The van der Waals surface area contributed by atoms with Gasteiger partial charge < -0.3 is 5.32 Å². The summed E-state index contributed by atoms with van der Waals surface area (Å²) in [7, 11) is 0. The van der Waals surface area contributed by atoms with Crippen LogP contribution >= 0.6 is 0 Å². The Morgan fingerprint density at radius 2 is 1.50 bits per heavy atom. The molecule has 0 rings (SSSR count). The van der Waals surface area contributed by atoms with Gasteiger partial charge >= 0.3 is 0 Å². The van der Waals surface area contributed by atoms with Gasteiger partial charge in [0, 0.05) is 6.04 Å². The third kappa shape index (κ3) is 9.94. The van der Waals surface area contributed by atoms with E-state index >= 15 is 0 Å². The average molecular weight is 255 g/mol. The Morgan fingerprint density at radius 3 is 1.94 bits per heavy atom. The van der Waals surface area contributed by atoms with E-state index in [1.807, 2.05) is 0 Å². The second-order valence-electron chi connectivity index (χ2n) is 7.49. The van der Waals surface area contributed by atoms with Crippen LogP contribution in [-0.4, -0.2) is 12.6 Å². The number of rotatable bonds is 9. The van der Waals surface area contributed by atoms with E-state index in [2.05, 4.69) is 53.8 Å². The number of hydrogen-bond acceptors (Lipinski definition) is 1. The van der Waals surface area contributed by atoms with E-state index in [4.69, 9.17) is 0 Å². The van der Waals surface area contributed by atoms with Gasteiger partial charge in [0.1, 0.15) is 0 Å². The van der Waals surface area contributed by atoms with Gasteiger partial charge in [0.2, 0.25) is 0 Å². The summed E-state index contributed by atoms with van der Waals surface area (Å²) in [6, 6.07) is 0.717. The predicted octanol–water partition coefficient (Wildman–Crippen LogP) is 5.25. The molecule has 110 valence electrons. The van der Waals surface area contributed by atoms with Crippen LogP contribution in [0, 0.1) is 17.3 Å². The molecule has 0 heterocycles. The van der Waals surface area contributed by atoms with Crippen molar-refractivity contribution in [3.8, 4) is 0 Å². The molecule has 3 unspecified atom stereocenters. The van der Waals surface area contributed by atoms with Gasteiger partial charge in [-0.25, -0.2) is 0 Å². The smallest absolute Gasteiger partial charge is 0.00720 e. The lowest BCUT2D eigenvalue weighted by atomic mass is 9.81. The molecular weight excluding hydrogens is 218 g/mol. The highest BCUT2D eigenvalue weighted by Gasteiger charge is 2.19. The van der Waals surface area contributed by atoms with Gasteiger partial charge in [0.05, 0.1) is 0 Å². The number of nitrogens with one attached hydrogen (secondary N) is 1. The van der Waals surface area contributed by atoms with Gasteiger partial charge in [0.25, 0.3) is 0 Å². The third-order valence-electron chi connectivity index (χ3n) is 3.61. The monoisotopic (exact) mass is 255 g/mol. The van der Waals surface area contributed by atoms with Crippen LogP contribution in [0.4, 0.5) is 0 Å². The van der Waals surface area contributed by atoms with Crippen molar-refractivity contribution in [3.63, 3.8) is 0 Å². The van der Waals surface area contributed by atoms with Crippen LogP contribution in [0.1, 0.15) is 80.6 Å². The molecular formula is C17H37N. The summed E-state index contributed by atoms with van der Waals surface area (Å²) in [6.07, 6.45) is 6.69. The van der Waals surface area contributed by atoms with Crippen molar-refractivity contribution in [1.82, 2.24) is 5.32 Å². The zero-order valence-electron chi connectivity index (χ0n) is 14.0. The lowest BCUT2D eigenvalue weighted by Gasteiger charge is -2.28. The number of hydrogen-bond donors (Lipinski definition) is 1. The Labute approximate surface area is 116 Å². The van der Waals surface area contributed by atoms with E-state index < -0.39 is 0 Å². The first kappa shape index (κ1) is 18.0. The van der Waals surface area contributed by atoms with Crippen LogP contribution in [0.3, 0.4) is 0 Å². The zero-order valence-corrected chi connectivity index (χ0v) is 14.0. The molecule has 1 N–H and O–H groups in total. The first-order valence-corrected chi connectivity index (χ1v) is 8.01. The molecule has 0 aliphatic carbocycles. The van der Waals surface area contributed by atoms with Crippen LogP contribution in [-0.2, 0) is 0 Å². The molecule has 0 radical (unpaired) electrons. The second kappa shape index (κ2) is 8.96. The molecule has 0 aromatic carbocycles. The normalized spacial score (nSPS) is 17.5. The molecule has 0 fully saturated rings. The van der Waals surface area contributed by atoms with E-state index in [0.29, 0.717) is 11.5 Å². The zero-order chi connectivity index (χ0) is 14.2. The van der Waals surface area contributed by atoms with Crippen molar-refractivity contribution in [2.75, 3.05) is 6.54 Å². The van der Waals surface area contributed by atoms with Gasteiger partial charge in [0.15, 0.2) is 0 Å². The molecule has 1 nitrogen and oxygen atoms in total. The SMILES string of the molecule is CCCC(C)CC(CC(C)CC(C)(C)C)NCC. The summed E-state index contributed by atoms with van der Waals surface area (Å²) in [5, 5.41) is 3.69. The lowest BCUT2D eigenvalue weighted by molar-refractivity contribution is 0.260. The first-order valence-electron chi connectivity index (χ1n) is 8.01. The van der Waals surface area contributed by atoms with Crippen molar-refractivity contribution in [3.05, 3.63) is 0 Å². The van der Waals surface area contributed by atoms with Crippen molar-refractivity contribution in [2.45, 2.75) is 86.6 Å². The Hall–Kier alpha value is -0.0400. The van der Waals surface area contributed by atoms with E-state index in [9.17, 15) is 0 Å². The second-order valence-corrected chi connectivity index (χ2v) is 7.49. The third-order valence-corrected chi connectivity index (χ3v) is 3.61. The molecule has 1 heteroatoms. The predicted molar refractivity (Wildman–Crippen MR) is 84.0 cm³/mol. The summed E-state index contributed by atoms with van der Waals surface area (Å²) in [6.45, 7) is 17.5. The van der Waals surface area contributed by atoms with E-state index in [-0.39, 0.29) is 0 Å². The molecule has 18 heavy (non-hydrogen) atoms. The maximum Gasteiger partial charge on any atom is 0.00720 e. The largest absolute Gasteiger partial charge is 0.314 e. The van der Waals surface area contributed by atoms with Crippen LogP contribution in [0.15, 0.2) is 0 Å². The van der Waals surface area contributed by atoms with Gasteiger partial charge in [-0.15, -0.1) is 0 Å². The quantitative estimate of drug-likeness (QED) is 0.593. The molecule has 0 aromatic rings. The minimum absolute atomic E-state index is 0.464. The molecule has 0 spiro atoms. The Bertz CT molecular complexity index is 192. The summed E-state index contributed by atoms with van der Waals surface area (Å²) >= 11 is 0. The van der Waals surface area contributed by atoms with Gasteiger partial charge in [-0.05, 0) is 43.1 Å². The van der Waals surface area contributed by atoms with Gasteiger partial charge in [-0.1, -0.05) is 61.3 Å². The van der Waals surface area contributed by atoms with E-state index in [1.54, 1.807) is 0 Å². The maximum absolute atomic E-state index is 3.69. The van der Waals surface area contributed by atoms with Gasteiger partial charge in [-0.3, -0.25) is 0 Å². The van der Waals surface area contributed by atoms with E-state index in [0.717, 1.165) is 18.4 Å². The van der Waals surface area contributed by atoms with Crippen LogP contribution < -0.4 is 5.32 Å². The lowest BCUT2D eigenvalue weighted by Crippen LogP contribution is -2.33. The van der Waals surface area contributed by atoms with Gasteiger partial charge in [-0.2, -0.15) is 0 Å². The highest BCUT2D eigenvalue weighted by atomic mass is 14.9. The maximum atomic E-state index is 3.69. The summed E-state index contributed by atoms with van der Waals surface area (Å²) in [5.74, 6) is 1.68. The Morgan fingerprint density at radius 1 is 0.944 bits per heavy atom. The van der Waals surface area contributed by atoms with Crippen molar-refractivity contribution in [1.29, 1.82) is 0 Å². The van der Waals surface area contributed by atoms with Crippen molar-refractivity contribution >= 4 is 0 Å². The molecule has 0 saturated carbocycles. The molecule has 0 bridgehead atoms. The van der Waals surface area contributed by atoms with Crippen LogP contribution in [0.25, 0.3) is 0 Å². The topological polar surface area (TPSA) is 12.0 Å². The van der Waals surface area contributed by atoms with Crippen LogP contribution in [0.5, 0.6) is 0 Å². The summed E-state index contributed by atoms with van der Waals surface area (Å²) in [4.78, 5) is 0. The molecule has 0 aliphatic heterocycles. The summed E-state index contributed by atoms with van der Waals surface area (Å²) < 4.78 is 0. The Balaban J connectivity index is 4.17. The average Bonchev–Trinajstić information content (AvgIpc) is 2.14. The molecule has 0 aromatic heterocycles. The van der Waals surface area contributed by atoms with Crippen LogP contribution in [0.2, 0.25) is 0 Å². The molecule has 3 atom stereocenters. The van der Waals surface area contributed by atoms with E-state index in [1.165, 1.54) is 32.1 Å². The highest BCUT2D eigenvalue weighted by molar-refractivity contribution is 4.75. The molecule has 0 aliphatic rings. The highest BCUT2D eigenvalue weighted by Crippen LogP contribution is 2.28. The minimum Gasteiger partial charge on any atom is -0.314 e. The molecule has 0 saturated heterocycles.